The van der Waals surface area contributed by atoms with Gasteiger partial charge in [-0.2, -0.15) is 0 Å². The summed E-state index contributed by atoms with van der Waals surface area (Å²) in [7, 11) is 1.71. The minimum absolute atomic E-state index is 0.0444. The van der Waals surface area contributed by atoms with Crippen molar-refractivity contribution in [3.8, 4) is 11.5 Å². The molecule has 6 nitrogen and oxygen atoms in total. The summed E-state index contributed by atoms with van der Waals surface area (Å²) in [5.41, 5.74) is 2.16. The zero-order valence-electron chi connectivity index (χ0n) is 19.9. The van der Waals surface area contributed by atoms with Crippen LogP contribution < -0.4 is 15.1 Å². The van der Waals surface area contributed by atoms with Crippen LogP contribution in [0.25, 0.3) is 11.0 Å². The summed E-state index contributed by atoms with van der Waals surface area (Å²) in [4.78, 5) is 17.4. The third-order valence-corrected chi connectivity index (χ3v) is 6.43. The smallest absolute Gasteiger partial charge is 0.344 e. The third kappa shape index (κ3) is 5.40. The molecule has 2 aromatic carbocycles. The average Bonchev–Trinajstić information content (AvgIpc) is 2.83. The molecule has 3 aromatic rings. The molecule has 1 aliphatic rings. The molecular weight excluding hydrogens is 416 g/mol. The van der Waals surface area contributed by atoms with Crippen molar-refractivity contribution in [2.45, 2.75) is 45.7 Å². The Bertz CT molecular complexity index is 1130. The Morgan fingerprint density at radius 2 is 1.94 bits per heavy atom. The molecule has 1 unspecified atom stereocenters. The lowest BCUT2D eigenvalue weighted by Crippen LogP contribution is -2.39. The van der Waals surface area contributed by atoms with E-state index in [1.807, 2.05) is 36.4 Å². The van der Waals surface area contributed by atoms with Gasteiger partial charge in [-0.25, -0.2) is 4.79 Å². The number of hydrogen-bond donors (Lipinski definition) is 0. The molecule has 176 valence electrons. The fraction of sp³-hybridized carbons (Fsp3) is 0.444. The van der Waals surface area contributed by atoms with Crippen LogP contribution in [-0.2, 0) is 6.54 Å². The number of fused-ring (bicyclic) bond motifs is 3. The van der Waals surface area contributed by atoms with Gasteiger partial charge in [0.1, 0.15) is 23.8 Å². The number of rotatable bonds is 10. The van der Waals surface area contributed by atoms with Crippen LogP contribution in [0.2, 0.25) is 0 Å². The highest BCUT2D eigenvalue weighted by molar-refractivity contribution is 5.84. The van der Waals surface area contributed by atoms with Gasteiger partial charge in [-0.3, -0.25) is 9.80 Å². The van der Waals surface area contributed by atoms with Gasteiger partial charge >= 0.3 is 5.63 Å². The maximum atomic E-state index is 12.7. The van der Waals surface area contributed by atoms with Crippen molar-refractivity contribution < 1.29 is 13.9 Å². The van der Waals surface area contributed by atoms with E-state index in [1.54, 1.807) is 7.11 Å². The van der Waals surface area contributed by atoms with Gasteiger partial charge < -0.3 is 13.9 Å². The molecule has 0 aliphatic carbocycles. The molecule has 1 atom stereocenters. The van der Waals surface area contributed by atoms with E-state index in [2.05, 4.69) is 35.8 Å². The van der Waals surface area contributed by atoms with E-state index >= 15 is 0 Å². The highest BCUT2D eigenvalue weighted by Gasteiger charge is 2.30. The van der Waals surface area contributed by atoms with Gasteiger partial charge in [-0.1, -0.05) is 37.6 Å². The fourth-order valence-electron chi connectivity index (χ4n) is 4.53. The molecule has 33 heavy (non-hydrogen) atoms. The first-order chi connectivity index (χ1) is 16.1. The Morgan fingerprint density at radius 3 is 2.76 bits per heavy atom. The van der Waals surface area contributed by atoms with Crippen molar-refractivity contribution in [3.05, 3.63) is 70.1 Å². The van der Waals surface area contributed by atoms with E-state index in [-0.39, 0.29) is 11.7 Å². The molecule has 6 heteroatoms. The van der Waals surface area contributed by atoms with Crippen LogP contribution in [0.3, 0.4) is 0 Å². The second-order valence-corrected chi connectivity index (χ2v) is 8.73. The highest BCUT2D eigenvalue weighted by Crippen LogP contribution is 2.36. The lowest BCUT2D eigenvalue weighted by molar-refractivity contribution is 0.0594. The SMILES string of the molecule is CCCCN(CCCN1COc2c(c(=O)oc3ccccc23)C1C)Cc1cccc(OC)c1. The van der Waals surface area contributed by atoms with E-state index in [0.717, 1.165) is 43.7 Å². The molecule has 1 aromatic heterocycles. The monoisotopic (exact) mass is 450 g/mol. The zero-order chi connectivity index (χ0) is 23.2. The van der Waals surface area contributed by atoms with Gasteiger partial charge in [0, 0.05) is 19.1 Å². The van der Waals surface area contributed by atoms with Crippen LogP contribution in [0.1, 0.15) is 50.3 Å². The summed E-state index contributed by atoms with van der Waals surface area (Å²) in [6.07, 6.45) is 3.34. The molecule has 1 aliphatic heterocycles. The lowest BCUT2D eigenvalue weighted by Gasteiger charge is -2.35. The third-order valence-electron chi connectivity index (χ3n) is 6.43. The van der Waals surface area contributed by atoms with Crippen LogP contribution >= 0.6 is 0 Å². The van der Waals surface area contributed by atoms with Gasteiger partial charge in [0.05, 0.1) is 18.1 Å². The van der Waals surface area contributed by atoms with Gasteiger partial charge in [0.15, 0.2) is 0 Å². The Balaban J connectivity index is 1.40. The van der Waals surface area contributed by atoms with Crippen molar-refractivity contribution >= 4 is 11.0 Å². The summed E-state index contributed by atoms with van der Waals surface area (Å²) in [6.45, 7) is 8.58. The Hall–Kier alpha value is -2.83. The van der Waals surface area contributed by atoms with E-state index in [0.29, 0.717) is 23.6 Å². The molecule has 0 spiro atoms. The quantitative estimate of drug-likeness (QED) is 0.396. The molecule has 0 amide bonds. The molecule has 0 radical (unpaired) electrons. The highest BCUT2D eigenvalue weighted by atomic mass is 16.5. The van der Waals surface area contributed by atoms with Gasteiger partial charge in [-0.05, 0) is 62.7 Å². The lowest BCUT2D eigenvalue weighted by atomic mass is 10.0. The maximum Gasteiger partial charge on any atom is 0.344 e. The van der Waals surface area contributed by atoms with Crippen LogP contribution in [0.15, 0.2) is 57.7 Å². The largest absolute Gasteiger partial charge is 0.497 e. The number of nitrogens with zero attached hydrogens (tertiary/aromatic N) is 2. The molecule has 4 rings (SSSR count). The number of hydrogen-bond acceptors (Lipinski definition) is 6. The Kier molecular flexibility index (Phi) is 7.68. The second kappa shape index (κ2) is 10.9. The van der Waals surface area contributed by atoms with Gasteiger partial charge in [-0.15, -0.1) is 0 Å². The first-order valence-electron chi connectivity index (χ1n) is 11.9. The fourth-order valence-corrected chi connectivity index (χ4v) is 4.53. The average molecular weight is 451 g/mol. The summed E-state index contributed by atoms with van der Waals surface area (Å²) < 4.78 is 17.0. The normalized spacial score (nSPS) is 16.1. The second-order valence-electron chi connectivity index (χ2n) is 8.73. The Labute approximate surface area is 195 Å². The zero-order valence-corrected chi connectivity index (χ0v) is 19.9. The standard InChI is InChI=1S/C27H34N2O4/c1-4-5-14-28(18-21-10-8-11-22(17-21)31-3)15-9-16-29-19-32-26-23-12-6-7-13-24(23)33-27(30)25(26)20(29)2/h6-8,10-13,17,20H,4-5,9,14-16,18-19H2,1-3H3. The maximum absolute atomic E-state index is 12.7. The predicted molar refractivity (Wildman–Crippen MR) is 131 cm³/mol. The number of para-hydroxylation sites is 1. The molecular formula is C27H34N2O4. The summed E-state index contributed by atoms with van der Waals surface area (Å²) >= 11 is 0. The van der Waals surface area contributed by atoms with Crippen LogP contribution in [0.5, 0.6) is 11.5 Å². The number of ether oxygens (including phenoxy) is 2. The van der Waals surface area contributed by atoms with E-state index in [9.17, 15) is 4.79 Å². The summed E-state index contributed by atoms with van der Waals surface area (Å²) in [6, 6.07) is 15.8. The van der Waals surface area contributed by atoms with Gasteiger partial charge in [0.25, 0.3) is 0 Å². The predicted octanol–water partition coefficient (Wildman–Crippen LogP) is 5.21. The van der Waals surface area contributed by atoms with Crippen LogP contribution in [0, 0.1) is 0 Å². The first-order valence-corrected chi connectivity index (χ1v) is 11.9. The molecule has 0 N–H and O–H groups in total. The van der Waals surface area contributed by atoms with E-state index < -0.39 is 0 Å². The topological polar surface area (TPSA) is 55.2 Å². The summed E-state index contributed by atoms with van der Waals surface area (Å²) in [5, 5.41) is 0.864. The molecule has 0 fully saturated rings. The van der Waals surface area contributed by atoms with Crippen molar-refractivity contribution in [2.75, 3.05) is 33.5 Å². The summed E-state index contributed by atoms with van der Waals surface area (Å²) in [5.74, 6) is 1.57. The molecule has 0 saturated carbocycles. The van der Waals surface area contributed by atoms with Crippen molar-refractivity contribution in [1.29, 1.82) is 0 Å². The van der Waals surface area contributed by atoms with E-state index in [1.165, 1.54) is 18.4 Å². The van der Waals surface area contributed by atoms with Crippen LogP contribution in [-0.4, -0.2) is 43.3 Å². The van der Waals surface area contributed by atoms with Gasteiger partial charge in [0.2, 0.25) is 0 Å². The van der Waals surface area contributed by atoms with Crippen molar-refractivity contribution in [1.82, 2.24) is 9.80 Å². The molecule has 0 bridgehead atoms. The van der Waals surface area contributed by atoms with Crippen LogP contribution in [0.4, 0.5) is 0 Å². The number of unbranched alkanes of at least 4 members (excludes halogenated alkanes) is 1. The number of benzene rings is 2. The number of methoxy groups -OCH3 is 1. The Morgan fingerprint density at radius 1 is 1.12 bits per heavy atom. The van der Waals surface area contributed by atoms with E-state index in [4.69, 9.17) is 13.9 Å². The first kappa shape index (κ1) is 23.3. The van der Waals surface area contributed by atoms with Crippen molar-refractivity contribution in [3.63, 3.8) is 0 Å². The minimum Gasteiger partial charge on any atom is -0.497 e. The van der Waals surface area contributed by atoms with Crippen molar-refractivity contribution in [2.24, 2.45) is 0 Å². The minimum atomic E-state index is -0.302. The molecule has 0 saturated heterocycles. The molecule has 2 heterocycles.